The molecule has 0 amide bonds. The van der Waals surface area contributed by atoms with Crippen LogP contribution < -0.4 is 11.3 Å². The Morgan fingerprint density at radius 3 is 2.92 bits per heavy atom. The molecule has 0 saturated carbocycles. The number of carboxylic acids is 1. The number of aryl methyl sites for hydroxylation is 1. The highest BCUT2D eigenvalue weighted by Gasteiger charge is 2.04. The van der Waals surface area contributed by atoms with E-state index in [0.717, 1.165) is 0 Å². The molecule has 0 aliphatic rings. The van der Waals surface area contributed by atoms with E-state index in [1.807, 2.05) is 0 Å². The number of nitrogens with two attached hydrogens (primary N) is 1. The van der Waals surface area contributed by atoms with Gasteiger partial charge < -0.3 is 15.8 Å². The van der Waals surface area contributed by atoms with Crippen molar-refractivity contribution < 1.29 is 9.90 Å². The van der Waals surface area contributed by atoms with Crippen LogP contribution in [0.3, 0.4) is 0 Å². The highest BCUT2D eigenvalue weighted by Crippen LogP contribution is 2.06. The Hall–Kier alpha value is -1.78. The highest BCUT2D eigenvalue weighted by molar-refractivity contribution is 5.67. The predicted octanol–water partition coefficient (Wildman–Crippen LogP) is -0.0257. The van der Waals surface area contributed by atoms with Gasteiger partial charge in [-0.2, -0.15) is 0 Å². The second-order valence-electron chi connectivity index (χ2n) is 2.64. The first kappa shape index (κ1) is 9.31. The average Bonchev–Trinajstić information content (AvgIpc) is 2.07. The van der Waals surface area contributed by atoms with Crippen LogP contribution in [0.5, 0.6) is 0 Å². The molecule has 1 aromatic heterocycles. The molecule has 0 aromatic carbocycles. The molecule has 1 heterocycles. The van der Waals surface area contributed by atoms with Gasteiger partial charge in [0.1, 0.15) is 5.69 Å². The number of pyridine rings is 1. The molecule has 4 N–H and O–H groups in total. The first-order valence-electron chi connectivity index (χ1n) is 3.79. The smallest absolute Gasteiger partial charge is 0.303 e. The Kier molecular flexibility index (Phi) is 2.69. The van der Waals surface area contributed by atoms with Crippen LogP contribution >= 0.6 is 0 Å². The number of hydrogen-bond acceptors (Lipinski definition) is 3. The third kappa shape index (κ3) is 2.33. The summed E-state index contributed by atoms with van der Waals surface area (Å²) in [4.78, 5) is 23.6. The summed E-state index contributed by atoms with van der Waals surface area (Å²) < 4.78 is 0. The molecule has 0 bridgehead atoms. The van der Waals surface area contributed by atoms with Gasteiger partial charge in [0.05, 0.1) is 0 Å². The maximum absolute atomic E-state index is 11.0. The summed E-state index contributed by atoms with van der Waals surface area (Å²) in [6.07, 6.45) is 1.72. The molecule has 0 saturated heterocycles. The first-order chi connectivity index (χ1) is 6.11. The van der Waals surface area contributed by atoms with Crippen molar-refractivity contribution >= 4 is 11.7 Å². The van der Waals surface area contributed by atoms with E-state index in [2.05, 4.69) is 4.98 Å². The van der Waals surface area contributed by atoms with E-state index in [9.17, 15) is 9.59 Å². The van der Waals surface area contributed by atoms with Crippen LogP contribution in [-0.2, 0) is 11.2 Å². The normalized spacial score (nSPS) is 9.85. The van der Waals surface area contributed by atoms with Crippen molar-refractivity contribution in [3.8, 4) is 0 Å². The summed E-state index contributed by atoms with van der Waals surface area (Å²) in [5.74, 6) is -0.903. The number of aromatic amines is 1. The molecule has 0 aliphatic heterocycles. The van der Waals surface area contributed by atoms with Crippen molar-refractivity contribution in [1.82, 2.24) is 4.98 Å². The van der Waals surface area contributed by atoms with E-state index in [4.69, 9.17) is 10.8 Å². The molecule has 1 aromatic rings. The lowest BCUT2D eigenvalue weighted by atomic mass is 10.1. The number of aliphatic carboxylic acids is 1. The van der Waals surface area contributed by atoms with Crippen molar-refractivity contribution in [2.75, 3.05) is 5.73 Å². The van der Waals surface area contributed by atoms with E-state index in [0.29, 0.717) is 5.56 Å². The fraction of sp³-hybridized carbons (Fsp3) is 0.250. The molecule has 0 aliphatic carbocycles. The van der Waals surface area contributed by atoms with E-state index >= 15 is 0 Å². The molecule has 70 valence electrons. The van der Waals surface area contributed by atoms with E-state index in [-0.39, 0.29) is 24.1 Å². The van der Waals surface area contributed by atoms with E-state index < -0.39 is 5.97 Å². The second kappa shape index (κ2) is 3.75. The monoisotopic (exact) mass is 182 g/mol. The zero-order valence-electron chi connectivity index (χ0n) is 6.91. The van der Waals surface area contributed by atoms with Crippen LogP contribution in [0.4, 0.5) is 5.69 Å². The second-order valence-corrected chi connectivity index (χ2v) is 2.64. The Balaban J connectivity index is 2.83. The summed E-state index contributed by atoms with van der Waals surface area (Å²) in [5, 5.41) is 8.41. The van der Waals surface area contributed by atoms with Gasteiger partial charge in [-0.05, 0) is 18.1 Å². The van der Waals surface area contributed by atoms with E-state index in [1.54, 1.807) is 6.07 Å². The van der Waals surface area contributed by atoms with Crippen molar-refractivity contribution in [2.24, 2.45) is 0 Å². The SMILES string of the molecule is Nc1c(CCC(=O)O)cc[nH]c1=O. The van der Waals surface area contributed by atoms with Gasteiger partial charge in [-0.3, -0.25) is 9.59 Å². The molecule has 1 rings (SSSR count). The number of hydrogen-bond donors (Lipinski definition) is 3. The van der Waals surface area contributed by atoms with Crippen LogP contribution in [0.1, 0.15) is 12.0 Å². The minimum atomic E-state index is -0.903. The highest BCUT2D eigenvalue weighted by atomic mass is 16.4. The fourth-order valence-corrected chi connectivity index (χ4v) is 0.991. The standard InChI is InChI=1S/C8H10N2O3/c9-7-5(1-2-6(11)12)3-4-10-8(7)13/h3-4H,1-2,9H2,(H,10,13)(H,11,12). The number of H-pyrrole nitrogens is 1. The number of carboxylic acid groups (broad SMARTS) is 1. The minimum Gasteiger partial charge on any atom is -0.481 e. The molecular formula is C8H10N2O3. The van der Waals surface area contributed by atoms with Gasteiger partial charge in [0, 0.05) is 12.6 Å². The summed E-state index contributed by atoms with van der Waals surface area (Å²) in [5.41, 5.74) is 5.74. The van der Waals surface area contributed by atoms with Crippen molar-refractivity contribution in [3.63, 3.8) is 0 Å². The van der Waals surface area contributed by atoms with Gasteiger partial charge in [0.15, 0.2) is 0 Å². The number of carbonyl (C=O) groups is 1. The number of nitrogens with one attached hydrogen (secondary N) is 1. The summed E-state index contributed by atoms with van der Waals surface area (Å²) in [6, 6.07) is 1.61. The molecule has 5 heteroatoms. The zero-order chi connectivity index (χ0) is 9.84. The molecule has 0 atom stereocenters. The Bertz CT molecular complexity index is 370. The maximum atomic E-state index is 11.0. The van der Waals surface area contributed by atoms with Crippen LogP contribution in [0.2, 0.25) is 0 Å². The lowest BCUT2D eigenvalue weighted by molar-refractivity contribution is -0.136. The van der Waals surface area contributed by atoms with Gasteiger partial charge in [0.25, 0.3) is 5.56 Å². The van der Waals surface area contributed by atoms with E-state index in [1.165, 1.54) is 6.20 Å². The van der Waals surface area contributed by atoms with Gasteiger partial charge in [-0.1, -0.05) is 0 Å². The zero-order valence-corrected chi connectivity index (χ0v) is 6.91. The summed E-state index contributed by atoms with van der Waals surface area (Å²) in [7, 11) is 0. The van der Waals surface area contributed by atoms with Crippen molar-refractivity contribution in [3.05, 3.63) is 28.2 Å². The van der Waals surface area contributed by atoms with Crippen LogP contribution in [-0.4, -0.2) is 16.1 Å². The molecule has 0 spiro atoms. The Morgan fingerprint density at radius 1 is 1.62 bits per heavy atom. The topological polar surface area (TPSA) is 96.2 Å². The third-order valence-corrected chi connectivity index (χ3v) is 1.70. The molecule has 0 unspecified atom stereocenters. The largest absolute Gasteiger partial charge is 0.481 e. The maximum Gasteiger partial charge on any atom is 0.303 e. The number of aromatic nitrogens is 1. The Labute approximate surface area is 74.2 Å². The van der Waals surface area contributed by atoms with Gasteiger partial charge in [-0.25, -0.2) is 0 Å². The van der Waals surface area contributed by atoms with Gasteiger partial charge in [-0.15, -0.1) is 0 Å². The van der Waals surface area contributed by atoms with Crippen LogP contribution in [0, 0.1) is 0 Å². The van der Waals surface area contributed by atoms with Gasteiger partial charge >= 0.3 is 5.97 Å². The summed E-state index contributed by atoms with van der Waals surface area (Å²) >= 11 is 0. The quantitative estimate of drug-likeness (QED) is 0.611. The lowest BCUT2D eigenvalue weighted by Gasteiger charge is -2.00. The molecular weight excluding hydrogens is 172 g/mol. The Morgan fingerprint density at radius 2 is 2.31 bits per heavy atom. The molecule has 5 nitrogen and oxygen atoms in total. The van der Waals surface area contributed by atoms with Crippen molar-refractivity contribution in [1.29, 1.82) is 0 Å². The van der Waals surface area contributed by atoms with Crippen molar-refractivity contribution in [2.45, 2.75) is 12.8 Å². The van der Waals surface area contributed by atoms with Crippen LogP contribution in [0.25, 0.3) is 0 Å². The number of nitrogen functional groups attached to an aromatic ring is 1. The summed E-state index contributed by atoms with van der Waals surface area (Å²) in [6.45, 7) is 0. The lowest BCUT2D eigenvalue weighted by Crippen LogP contribution is -2.14. The fourth-order valence-electron chi connectivity index (χ4n) is 0.991. The average molecular weight is 182 g/mol. The molecule has 0 fully saturated rings. The van der Waals surface area contributed by atoms with Gasteiger partial charge in [0.2, 0.25) is 0 Å². The minimum absolute atomic E-state index is 0.0202. The molecule has 13 heavy (non-hydrogen) atoms. The third-order valence-electron chi connectivity index (χ3n) is 1.70. The van der Waals surface area contributed by atoms with Crippen LogP contribution in [0.15, 0.2) is 17.1 Å². The number of rotatable bonds is 3. The molecule has 0 radical (unpaired) electrons. The number of anilines is 1. The predicted molar refractivity (Wildman–Crippen MR) is 47.4 cm³/mol. The first-order valence-corrected chi connectivity index (χ1v) is 3.79.